The Morgan fingerprint density at radius 3 is 2.70 bits per heavy atom. The van der Waals surface area contributed by atoms with Gasteiger partial charge in [0.05, 0.1) is 17.8 Å². The van der Waals surface area contributed by atoms with Crippen LogP contribution in [-0.2, 0) is 42.0 Å². The van der Waals surface area contributed by atoms with Crippen molar-refractivity contribution < 1.29 is 17.6 Å². The normalized spacial score (nSPS) is 17.0. The number of fused-ring (bicyclic) bond motifs is 1. The van der Waals surface area contributed by atoms with Crippen molar-refractivity contribution in [2.24, 2.45) is 14.1 Å². The lowest BCUT2D eigenvalue weighted by atomic mass is 9.97. The van der Waals surface area contributed by atoms with Gasteiger partial charge in [0, 0.05) is 57.3 Å². The summed E-state index contributed by atoms with van der Waals surface area (Å²) in [5.74, 6) is -1.64. The van der Waals surface area contributed by atoms with Crippen molar-refractivity contribution in [2.45, 2.75) is 23.9 Å². The zero-order valence-corrected chi connectivity index (χ0v) is 17.3. The van der Waals surface area contributed by atoms with Gasteiger partial charge in [-0.1, -0.05) is 18.2 Å². The molecular weight excluding hydrogens is 411 g/mol. The monoisotopic (exact) mass is 432 g/mol. The Hall–Kier alpha value is -3.05. The molecule has 1 unspecified atom stereocenters. The number of sulfonamides is 1. The Labute approximate surface area is 173 Å². The quantitative estimate of drug-likeness (QED) is 0.645. The van der Waals surface area contributed by atoms with Gasteiger partial charge in [0.1, 0.15) is 10.7 Å². The molecule has 11 heteroatoms. The maximum Gasteiger partial charge on any atom is 0.246 e. The Balaban J connectivity index is 1.60. The van der Waals surface area contributed by atoms with E-state index in [0.717, 1.165) is 0 Å². The molecule has 0 fully saturated rings. The number of hydrogen-bond donors (Lipinski definition) is 1. The third-order valence-corrected chi connectivity index (χ3v) is 6.81. The van der Waals surface area contributed by atoms with Crippen LogP contribution in [0.4, 0.5) is 4.39 Å². The van der Waals surface area contributed by atoms with Crippen molar-refractivity contribution >= 4 is 15.9 Å². The number of carbonyl (C=O) groups is 1. The number of hydrogen-bond acceptors (Lipinski definition) is 5. The zero-order valence-electron chi connectivity index (χ0n) is 16.5. The van der Waals surface area contributed by atoms with E-state index in [-0.39, 0.29) is 24.5 Å². The lowest BCUT2D eigenvalue weighted by molar-refractivity contribution is -0.123. The molecule has 3 aromatic rings. The molecule has 0 radical (unpaired) electrons. The van der Waals surface area contributed by atoms with Gasteiger partial charge < -0.3 is 5.32 Å². The molecule has 1 N–H and O–H groups in total. The number of rotatable bonds is 5. The zero-order chi connectivity index (χ0) is 21.5. The molecule has 158 valence electrons. The average molecular weight is 432 g/mol. The van der Waals surface area contributed by atoms with E-state index in [9.17, 15) is 17.6 Å². The Morgan fingerprint density at radius 1 is 1.23 bits per heavy atom. The molecule has 1 aliphatic heterocycles. The van der Waals surface area contributed by atoms with Gasteiger partial charge in [-0.3, -0.25) is 14.2 Å². The molecule has 0 saturated heterocycles. The van der Waals surface area contributed by atoms with Crippen LogP contribution < -0.4 is 5.32 Å². The van der Waals surface area contributed by atoms with E-state index in [1.807, 2.05) is 0 Å². The molecule has 1 aliphatic rings. The van der Waals surface area contributed by atoms with E-state index < -0.39 is 27.7 Å². The topological polar surface area (TPSA) is 102 Å². The molecule has 0 aliphatic carbocycles. The second-order valence-corrected chi connectivity index (χ2v) is 9.16. The lowest BCUT2D eigenvalue weighted by Crippen LogP contribution is -2.43. The van der Waals surface area contributed by atoms with E-state index in [2.05, 4.69) is 15.5 Å². The fourth-order valence-electron chi connectivity index (χ4n) is 3.53. The second-order valence-electron chi connectivity index (χ2n) is 7.22. The molecule has 1 atom stereocenters. The number of aryl methyl sites for hydroxylation is 2. The number of nitrogens with one attached hydrogen (secondary N) is 1. The fraction of sp³-hybridized carbons (Fsp3) is 0.316. The van der Waals surface area contributed by atoms with Crippen LogP contribution in [0.5, 0.6) is 0 Å². The van der Waals surface area contributed by atoms with Crippen molar-refractivity contribution in [3.05, 3.63) is 65.5 Å². The summed E-state index contributed by atoms with van der Waals surface area (Å²) in [5.41, 5.74) is 1.53. The van der Waals surface area contributed by atoms with E-state index in [4.69, 9.17) is 0 Å². The number of benzene rings is 1. The molecular formula is C19H21FN6O3S. The average Bonchev–Trinajstić information content (AvgIpc) is 3.31. The fourth-order valence-corrected chi connectivity index (χ4v) is 4.95. The lowest BCUT2D eigenvalue weighted by Gasteiger charge is -2.30. The molecule has 1 amide bonds. The predicted molar refractivity (Wildman–Crippen MR) is 105 cm³/mol. The highest BCUT2D eigenvalue weighted by Crippen LogP contribution is 2.31. The van der Waals surface area contributed by atoms with Gasteiger partial charge in [-0.25, -0.2) is 12.8 Å². The minimum Gasteiger partial charge on any atom is -0.351 e. The van der Waals surface area contributed by atoms with Crippen molar-refractivity contribution in [3.8, 4) is 0 Å². The minimum absolute atomic E-state index is 0.000467. The first kappa shape index (κ1) is 20.2. The van der Waals surface area contributed by atoms with Crippen LogP contribution in [0.1, 0.15) is 22.7 Å². The maximum atomic E-state index is 13.9. The van der Waals surface area contributed by atoms with Crippen LogP contribution in [0.3, 0.4) is 0 Å². The number of halogens is 1. The number of amides is 1. The van der Waals surface area contributed by atoms with Crippen molar-refractivity contribution in [3.63, 3.8) is 0 Å². The highest BCUT2D eigenvalue weighted by atomic mass is 32.2. The SMILES string of the molecule is Cn1cc(S(=O)(=O)N2Cc3cn(C)nc3C(C(=O)NCc3ccccc3F)C2)cn1. The summed E-state index contributed by atoms with van der Waals surface area (Å²) >= 11 is 0. The van der Waals surface area contributed by atoms with Crippen molar-refractivity contribution in [1.29, 1.82) is 0 Å². The van der Waals surface area contributed by atoms with E-state index in [0.29, 0.717) is 16.8 Å². The minimum atomic E-state index is -3.84. The molecule has 9 nitrogen and oxygen atoms in total. The number of aromatic nitrogens is 4. The summed E-state index contributed by atoms with van der Waals surface area (Å²) in [7, 11) is -0.495. The van der Waals surface area contributed by atoms with Crippen molar-refractivity contribution in [2.75, 3.05) is 6.54 Å². The molecule has 3 heterocycles. The molecule has 1 aromatic carbocycles. The van der Waals surface area contributed by atoms with Gasteiger partial charge in [-0.2, -0.15) is 14.5 Å². The smallest absolute Gasteiger partial charge is 0.246 e. The first-order chi connectivity index (χ1) is 14.3. The largest absolute Gasteiger partial charge is 0.351 e. The molecule has 0 bridgehead atoms. The molecule has 0 saturated carbocycles. The predicted octanol–water partition coefficient (Wildman–Crippen LogP) is 0.897. The standard InChI is InChI=1S/C19H21FN6O3S/c1-24-11-15(8-22-24)30(28,29)26-10-14-9-25(2)23-18(14)16(12-26)19(27)21-7-13-5-3-4-6-17(13)20/h3-6,8-9,11,16H,7,10,12H2,1-2H3,(H,21,27). The third kappa shape index (κ3) is 3.73. The van der Waals surface area contributed by atoms with Crippen LogP contribution in [0, 0.1) is 5.82 Å². The Morgan fingerprint density at radius 2 is 2.00 bits per heavy atom. The van der Waals surface area contributed by atoms with Crippen molar-refractivity contribution in [1.82, 2.24) is 29.2 Å². The summed E-state index contributed by atoms with van der Waals surface area (Å²) in [5, 5.41) is 11.0. The second kappa shape index (κ2) is 7.65. The molecule has 4 rings (SSSR count). The van der Waals surface area contributed by atoms with Crippen LogP contribution >= 0.6 is 0 Å². The first-order valence-corrected chi connectivity index (χ1v) is 10.7. The van der Waals surface area contributed by atoms with E-state index >= 15 is 0 Å². The highest BCUT2D eigenvalue weighted by Gasteiger charge is 2.39. The summed E-state index contributed by atoms with van der Waals surface area (Å²) in [4.78, 5) is 13.0. The third-order valence-electron chi connectivity index (χ3n) is 5.05. The Kier molecular flexibility index (Phi) is 5.16. The number of carbonyl (C=O) groups excluding carboxylic acids is 1. The Bertz CT molecular complexity index is 1200. The van der Waals surface area contributed by atoms with Crippen LogP contribution in [0.2, 0.25) is 0 Å². The van der Waals surface area contributed by atoms with Gasteiger partial charge in [-0.05, 0) is 6.07 Å². The van der Waals surface area contributed by atoms with E-state index in [1.165, 1.54) is 27.4 Å². The molecule has 2 aromatic heterocycles. The molecule has 30 heavy (non-hydrogen) atoms. The van der Waals surface area contributed by atoms with Gasteiger partial charge in [0.25, 0.3) is 0 Å². The van der Waals surface area contributed by atoms with Gasteiger partial charge >= 0.3 is 0 Å². The van der Waals surface area contributed by atoms with Gasteiger partial charge in [0.2, 0.25) is 15.9 Å². The van der Waals surface area contributed by atoms with Gasteiger partial charge in [0.15, 0.2) is 0 Å². The van der Waals surface area contributed by atoms with E-state index in [1.54, 1.807) is 43.2 Å². The first-order valence-electron chi connectivity index (χ1n) is 9.28. The summed E-state index contributed by atoms with van der Waals surface area (Å²) in [6.07, 6.45) is 4.40. The van der Waals surface area contributed by atoms with Crippen LogP contribution in [0.15, 0.2) is 47.8 Å². The summed E-state index contributed by atoms with van der Waals surface area (Å²) < 4.78 is 44.2. The highest BCUT2D eigenvalue weighted by molar-refractivity contribution is 7.89. The van der Waals surface area contributed by atoms with Crippen LogP contribution in [0.25, 0.3) is 0 Å². The van der Waals surface area contributed by atoms with Gasteiger partial charge in [-0.15, -0.1) is 0 Å². The maximum absolute atomic E-state index is 13.9. The van der Waals surface area contributed by atoms with Crippen LogP contribution in [-0.4, -0.2) is 44.7 Å². The molecule has 0 spiro atoms. The summed E-state index contributed by atoms with van der Waals surface area (Å²) in [6.45, 7) is 0.0430. The number of nitrogens with zero attached hydrogens (tertiary/aromatic N) is 5. The summed E-state index contributed by atoms with van der Waals surface area (Å²) in [6, 6.07) is 6.16.